The number of rotatable bonds is 4. The van der Waals surface area contributed by atoms with Gasteiger partial charge >= 0.3 is 0 Å². The molecule has 1 unspecified atom stereocenters. The van der Waals surface area contributed by atoms with E-state index in [1.54, 1.807) is 30.2 Å². The molecule has 0 radical (unpaired) electrons. The molecule has 1 aromatic carbocycles. The van der Waals surface area contributed by atoms with E-state index in [0.717, 1.165) is 24.4 Å². The highest BCUT2D eigenvalue weighted by Crippen LogP contribution is 2.35. The van der Waals surface area contributed by atoms with Gasteiger partial charge in [-0.05, 0) is 25.1 Å². The van der Waals surface area contributed by atoms with Crippen LogP contribution in [0.3, 0.4) is 0 Å². The van der Waals surface area contributed by atoms with Crippen molar-refractivity contribution in [2.75, 3.05) is 27.1 Å². The predicted octanol–water partition coefficient (Wildman–Crippen LogP) is 1.41. The van der Waals surface area contributed by atoms with Crippen LogP contribution in [-0.2, 0) is 17.7 Å². The number of carbonyl (C=O) groups is 1. The molecule has 0 N–H and O–H groups in total. The van der Waals surface area contributed by atoms with Gasteiger partial charge in [-0.3, -0.25) is 4.79 Å². The minimum absolute atomic E-state index is 0.0722. The fraction of sp³-hybridized carbons (Fsp3) is 0.471. The van der Waals surface area contributed by atoms with Crippen LogP contribution in [0.5, 0.6) is 11.5 Å². The molecule has 1 amide bonds. The Morgan fingerprint density at radius 1 is 1.36 bits per heavy atom. The van der Waals surface area contributed by atoms with E-state index in [1.165, 1.54) is 0 Å². The van der Waals surface area contributed by atoms with E-state index in [0.29, 0.717) is 30.2 Å². The zero-order chi connectivity index (χ0) is 17.4. The summed E-state index contributed by atoms with van der Waals surface area (Å²) in [5.41, 5.74) is 2.47. The standard InChI is InChI=1S/C17H20N4O4/c1-3-21-12-6-7-20(13(9-23-2)16(12)18-19-21)17(22)11-4-5-14-15(8-11)25-10-24-14/h4-5,8,13H,3,6-7,9-10H2,1-2H3. The molecule has 1 atom stereocenters. The average Bonchev–Trinajstić information content (AvgIpc) is 3.27. The Morgan fingerprint density at radius 3 is 3.00 bits per heavy atom. The van der Waals surface area contributed by atoms with Gasteiger partial charge in [0.05, 0.1) is 12.3 Å². The summed E-state index contributed by atoms with van der Waals surface area (Å²) >= 11 is 0. The number of methoxy groups -OCH3 is 1. The molecule has 0 saturated heterocycles. The molecule has 1 aromatic heterocycles. The van der Waals surface area contributed by atoms with E-state index >= 15 is 0 Å². The lowest BCUT2D eigenvalue weighted by molar-refractivity contribution is 0.0490. The van der Waals surface area contributed by atoms with E-state index < -0.39 is 0 Å². The summed E-state index contributed by atoms with van der Waals surface area (Å²) in [7, 11) is 1.63. The van der Waals surface area contributed by atoms with Crippen LogP contribution in [0.4, 0.5) is 0 Å². The van der Waals surface area contributed by atoms with Gasteiger partial charge in [-0.15, -0.1) is 5.10 Å². The number of aromatic nitrogens is 3. The monoisotopic (exact) mass is 344 g/mol. The lowest BCUT2D eigenvalue weighted by Crippen LogP contribution is -2.42. The molecule has 0 spiro atoms. The Hall–Kier alpha value is -2.61. The highest BCUT2D eigenvalue weighted by atomic mass is 16.7. The van der Waals surface area contributed by atoms with Crippen LogP contribution in [0.25, 0.3) is 0 Å². The molecular formula is C17H20N4O4. The first-order valence-electron chi connectivity index (χ1n) is 8.34. The maximum atomic E-state index is 13.1. The number of aryl methyl sites for hydroxylation is 1. The number of amides is 1. The lowest BCUT2D eigenvalue weighted by atomic mass is 10.0. The van der Waals surface area contributed by atoms with Gasteiger partial charge in [0.1, 0.15) is 11.7 Å². The first kappa shape index (κ1) is 15.9. The Morgan fingerprint density at radius 2 is 2.20 bits per heavy atom. The molecular weight excluding hydrogens is 324 g/mol. The summed E-state index contributed by atoms with van der Waals surface area (Å²) in [6.45, 7) is 3.96. The van der Waals surface area contributed by atoms with Crippen molar-refractivity contribution < 1.29 is 19.0 Å². The zero-order valence-electron chi connectivity index (χ0n) is 14.3. The highest BCUT2D eigenvalue weighted by molar-refractivity contribution is 5.95. The SMILES string of the molecule is CCn1nnc2c1CCN(C(=O)c1ccc3c(c1)OCO3)C2COC. The smallest absolute Gasteiger partial charge is 0.254 e. The van der Waals surface area contributed by atoms with Crippen LogP contribution in [-0.4, -0.2) is 52.9 Å². The van der Waals surface area contributed by atoms with Gasteiger partial charge in [-0.25, -0.2) is 4.68 Å². The molecule has 25 heavy (non-hydrogen) atoms. The Kier molecular flexibility index (Phi) is 4.04. The molecule has 0 fully saturated rings. The largest absolute Gasteiger partial charge is 0.454 e. The van der Waals surface area contributed by atoms with E-state index in [2.05, 4.69) is 10.3 Å². The summed E-state index contributed by atoms with van der Waals surface area (Å²) < 4.78 is 17.9. The topological polar surface area (TPSA) is 78.7 Å². The van der Waals surface area contributed by atoms with Crippen LogP contribution in [0, 0.1) is 0 Å². The summed E-state index contributed by atoms with van der Waals surface area (Å²) in [5.74, 6) is 1.19. The average molecular weight is 344 g/mol. The molecule has 2 aromatic rings. The van der Waals surface area contributed by atoms with E-state index in [4.69, 9.17) is 14.2 Å². The maximum Gasteiger partial charge on any atom is 0.254 e. The molecule has 2 aliphatic rings. The normalized spacial score (nSPS) is 18.3. The highest BCUT2D eigenvalue weighted by Gasteiger charge is 2.35. The van der Waals surface area contributed by atoms with Crippen molar-refractivity contribution in [3.05, 3.63) is 35.2 Å². The van der Waals surface area contributed by atoms with Crippen LogP contribution in [0.2, 0.25) is 0 Å². The number of ether oxygens (including phenoxy) is 3. The van der Waals surface area contributed by atoms with Crippen molar-refractivity contribution in [3.63, 3.8) is 0 Å². The fourth-order valence-corrected chi connectivity index (χ4v) is 3.41. The van der Waals surface area contributed by atoms with E-state index in [9.17, 15) is 4.79 Å². The first-order chi connectivity index (χ1) is 12.2. The van der Waals surface area contributed by atoms with Crippen LogP contribution < -0.4 is 9.47 Å². The van der Waals surface area contributed by atoms with E-state index in [-0.39, 0.29) is 18.7 Å². The lowest BCUT2D eigenvalue weighted by Gasteiger charge is -2.34. The van der Waals surface area contributed by atoms with Crippen molar-refractivity contribution in [1.29, 1.82) is 0 Å². The minimum Gasteiger partial charge on any atom is -0.454 e. The summed E-state index contributed by atoms with van der Waals surface area (Å²) in [6.07, 6.45) is 0.729. The fourth-order valence-electron chi connectivity index (χ4n) is 3.41. The van der Waals surface area contributed by atoms with Crippen LogP contribution in [0.1, 0.15) is 34.7 Å². The minimum atomic E-state index is -0.244. The van der Waals surface area contributed by atoms with Crippen molar-refractivity contribution in [1.82, 2.24) is 19.9 Å². The molecule has 132 valence electrons. The molecule has 2 aliphatic heterocycles. The Labute approximate surface area is 145 Å². The Balaban J connectivity index is 1.65. The molecule has 4 rings (SSSR count). The first-order valence-corrected chi connectivity index (χ1v) is 8.34. The third-order valence-corrected chi connectivity index (χ3v) is 4.65. The van der Waals surface area contributed by atoms with Gasteiger partial charge in [-0.1, -0.05) is 5.21 Å². The number of benzene rings is 1. The van der Waals surface area contributed by atoms with Gasteiger partial charge in [0.15, 0.2) is 11.5 Å². The van der Waals surface area contributed by atoms with E-state index in [1.807, 2.05) is 11.6 Å². The third-order valence-electron chi connectivity index (χ3n) is 4.65. The van der Waals surface area contributed by atoms with Crippen molar-refractivity contribution >= 4 is 5.91 Å². The molecule has 8 nitrogen and oxygen atoms in total. The maximum absolute atomic E-state index is 13.1. The van der Waals surface area contributed by atoms with Gasteiger partial charge in [-0.2, -0.15) is 0 Å². The second-order valence-electron chi connectivity index (χ2n) is 6.02. The summed E-state index contributed by atoms with van der Waals surface area (Å²) in [4.78, 5) is 14.9. The molecule has 3 heterocycles. The third kappa shape index (κ3) is 2.62. The number of hydrogen-bond acceptors (Lipinski definition) is 6. The molecule has 0 saturated carbocycles. The second-order valence-corrected chi connectivity index (χ2v) is 6.02. The van der Waals surface area contributed by atoms with Gasteiger partial charge in [0.2, 0.25) is 6.79 Å². The number of nitrogens with zero attached hydrogens (tertiary/aromatic N) is 4. The van der Waals surface area contributed by atoms with Gasteiger partial charge in [0.25, 0.3) is 5.91 Å². The van der Waals surface area contributed by atoms with Crippen molar-refractivity contribution in [2.45, 2.75) is 25.9 Å². The molecule has 0 bridgehead atoms. The number of fused-ring (bicyclic) bond motifs is 2. The van der Waals surface area contributed by atoms with Gasteiger partial charge in [0, 0.05) is 32.2 Å². The Bertz CT molecular complexity index is 804. The van der Waals surface area contributed by atoms with Gasteiger partial charge < -0.3 is 19.1 Å². The quantitative estimate of drug-likeness (QED) is 0.834. The number of carbonyl (C=O) groups excluding carboxylic acids is 1. The van der Waals surface area contributed by atoms with Crippen molar-refractivity contribution in [3.8, 4) is 11.5 Å². The molecule has 0 aliphatic carbocycles. The van der Waals surface area contributed by atoms with Crippen molar-refractivity contribution in [2.24, 2.45) is 0 Å². The van der Waals surface area contributed by atoms with Crippen LogP contribution in [0.15, 0.2) is 18.2 Å². The number of hydrogen-bond donors (Lipinski definition) is 0. The predicted molar refractivity (Wildman–Crippen MR) is 87.6 cm³/mol. The zero-order valence-corrected chi connectivity index (χ0v) is 14.3. The second kappa shape index (κ2) is 6.36. The summed E-state index contributed by atoms with van der Waals surface area (Å²) in [5, 5.41) is 8.51. The van der Waals surface area contributed by atoms with Crippen LogP contribution >= 0.6 is 0 Å². The summed E-state index contributed by atoms with van der Waals surface area (Å²) in [6, 6.07) is 5.02. The molecule has 8 heteroatoms.